The lowest BCUT2D eigenvalue weighted by atomic mass is 10.2. The van der Waals surface area contributed by atoms with E-state index in [1.54, 1.807) is 37.3 Å². The molecule has 98 valence electrons. The number of aromatic nitrogens is 1. The Balaban J connectivity index is 2.20. The number of hydrogen-bond acceptors (Lipinski definition) is 3. The van der Waals surface area contributed by atoms with Crippen LogP contribution in [0, 0.1) is 0 Å². The maximum atomic E-state index is 12.3. The number of rotatable bonds is 3. The van der Waals surface area contributed by atoms with E-state index in [1.807, 2.05) is 24.3 Å². The molecule has 1 heterocycles. The summed E-state index contributed by atoms with van der Waals surface area (Å²) in [4.78, 5) is 18.1. The SMILES string of the molecule is CNc1ccc(N(C)C(=O)c2ccc(Br)cc2)cn1. The molecule has 0 aliphatic carbocycles. The number of benzene rings is 1. The second kappa shape index (κ2) is 5.84. The smallest absolute Gasteiger partial charge is 0.258 e. The first-order valence-corrected chi connectivity index (χ1v) is 6.58. The Morgan fingerprint density at radius 3 is 2.42 bits per heavy atom. The van der Waals surface area contributed by atoms with Crippen LogP contribution in [-0.2, 0) is 0 Å². The van der Waals surface area contributed by atoms with E-state index in [2.05, 4.69) is 26.2 Å². The van der Waals surface area contributed by atoms with E-state index in [9.17, 15) is 4.79 Å². The Kier molecular flexibility index (Phi) is 4.16. The molecule has 1 N–H and O–H groups in total. The summed E-state index contributed by atoms with van der Waals surface area (Å²) >= 11 is 3.35. The van der Waals surface area contributed by atoms with Gasteiger partial charge in [0.2, 0.25) is 0 Å². The van der Waals surface area contributed by atoms with Gasteiger partial charge in [-0.1, -0.05) is 15.9 Å². The lowest BCUT2D eigenvalue weighted by molar-refractivity contribution is 0.0993. The van der Waals surface area contributed by atoms with Gasteiger partial charge in [0.05, 0.1) is 11.9 Å². The molecule has 0 fully saturated rings. The zero-order valence-electron chi connectivity index (χ0n) is 10.7. The summed E-state index contributed by atoms with van der Waals surface area (Å²) in [5, 5.41) is 2.94. The molecule has 0 unspecified atom stereocenters. The fourth-order valence-electron chi connectivity index (χ4n) is 1.64. The largest absolute Gasteiger partial charge is 0.373 e. The molecule has 19 heavy (non-hydrogen) atoms. The standard InChI is InChI=1S/C14H14BrN3O/c1-16-13-8-7-12(9-17-13)18(2)14(19)10-3-5-11(15)6-4-10/h3-9H,1-2H3,(H,16,17). The van der Waals surface area contributed by atoms with Crippen LogP contribution in [0.5, 0.6) is 0 Å². The van der Waals surface area contributed by atoms with Crippen molar-refractivity contribution in [1.29, 1.82) is 0 Å². The van der Waals surface area contributed by atoms with Crippen molar-refractivity contribution in [2.24, 2.45) is 0 Å². The van der Waals surface area contributed by atoms with Crippen LogP contribution < -0.4 is 10.2 Å². The molecule has 5 heteroatoms. The first-order valence-electron chi connectivity index (χ1n) is 5.79. The molecule has 1 aromatic heterocycles. The monoisotopic (exact) mass is 319 g/mol. The Morgan fingerprint density at radius 1 is 1.21 bits per heavy atom. The molecule has 0 saturated carbocycles. The van der Waals surface area contributed by atoms with Gasteiger partial charge in [-0.15, -0.1) is 0 Å². The van der Waals surface area contributed by atoms with Crippen LogP contribution in [0.15, 0.2) is 47.1 Å². The van der Waals surface area contributed by atoms with E-state index in [4.69, 9.17) is 0 Å². The molecule has 4 nitrogen and oxygen atoms in total. The molecular formula is C14H14BrN3O. The minimum absolute atomic E-state index is 0.0634. The molecule has 0 atom stereocenters. The quantitative estimate of drug-likeness (QED) is 0.945. The number of carbonyl (C=O) groups is 1. The maximum absolute atomic E-state index is 12.3. The summed E-state index contributed by atoms with van der Waals surface area (Å²) in [6.45, 7) is 0. The third-order valence-electron chi connectivity index (χ3n) is 2.79. The summed E-state index contributed by atoms with van der Waals surface area (Å²) in [7, 11) is 3.54. The molecular weight excluding hydrogens is 306 g/mol. The molecule has 0 spiro atoms. The third-order valence-corrected chi connectivity index (χ3v) is 3.32. The molecule has 2 rings (SSSR count). The number of halogens is 1. The number of pyridine rings is 1. The molecule has 1 amide bonds. The van der Waals surface area contributed by atoms with Crippen molar-refractivity contribution < 1.29 is 4.79 Å². The third kappa shape index (κ3) is 3.12. The van der Waals surface area contributed by atoms with Crippen molar-refractivity contribution in [3.8, 4) is 0 Å². The van der Waals surface area contributed by atoms with E-state index in [0.29, 0.717) is 5.56 Å². The molecule has 0 bridgehead atoms. The number of anilines is 2. The predicted molar refractivity (Wildman–Crippen MR) is 80.7 cm³/mol. The first-order chi connectivity index (χ1) is 9.11. The van der Waals surface area contributed by atoms with Gasteiger partial charge in [0.15, 0.2) is 0 Å². The molecule has 0 radical (unpaired) electrons. The number of carbonyl (C=O) groups excluding carboxylic acids is 1. The van der Waals surface area contributed by atoms with Crippen molar-refractivity contribution in [1.82, 2.24) is 4.98 Å². The Bertz CT molecular complexity index is 566. The molecule has 1 aromatic carbocycles. The van der Waals surface area contributed by atoms with Gasteiger partial charge in [0.1, 0.15) is 5.82 Å². The van der Waals surface area contributed by atoms with E-state index >= 15 is 0 Å². The normalized spacial score (nSPS) is 10.1. The highest BCUT2D eigenvalue weighted by atomic mass is 79.9. The average Bonchev–Trinajstić information content (AvgIpc) is 2.46. The van der Waals surface area contributed by atoms with Crippen LogP contribution in [0.4, 0.5) is 11.5 Å². The average molecular weight is 320 g/mol. The minimum Gasteiger partial charge on any atom is -0.373 e. The van der Waals surface area contributed by atoms with Gasteiger partial charge >= 0.3 is 0 Å². The minimum atomic E-state index is -0.0634. The van der Waals surface area contributed by atoms with E-state index in [0.717, 1.165) is 16.0 Å². The Hall–Kier alpha value is -1.88. The lowest BCUT2D eigenvalue weighted by Crippen LogP contribution is -2.26. The van der Waals surface area contributed by atoms with Crippen LogP contribution >= 0.6 is 15.9 Å². The number of nitrogens with zero attached hydrogens (tertiary/aromatic N) is 2. The highest BCUT2D eigenvalue weighted by Gasteiger charge is 2.13. The fourth-order valence-corrected chi connectivity index (χ4v) is 1.90. The van der Waals surface area contributed by atoms with Crippen LogP contribution in [-0.4, -0.2) is 25.0 Å². The van der Waals surface area contributed by atoms with E-state index < -0.39 is 0 Å². The summed E-state index contributed by atoms with van der Waals surface area (Å²) in [6, 6.07) is 11.0. The topological polar surface area (TPSA) is 45.2 Å². The van der Waals surface area contributed by atoms with Crippen molar-refractivity contribution in [3.05, 3.63) is 52.6 Å². The van der Waals surface area contributed by atoms with Gasteiger partial charge in [0, 0.05) is 24.1 Å². The lowest BCUT2D eigenvalue weighted by Gasteiger charge is -2.17. The summed E-state index contributed by atoms with van der Waals surface area (Å²) in [5.74, 6) is 0.708. The van der Waals surface area contributed by atoms with Crippen molar-refractivity contribution in [2.45, 2.75) is 0 Å². The zero-order chi connectivity index (χ0) is 13.8. The van der Waals surface area contributed by atoms with Gasteiger partial charge in [-0.2, -0.15) is 0 Å². The van der Waals surface area contributed by atoms with Crippen LogP contribution in [0.1, 0.15) is 10.4 Å². The molecule has 0 saturated heterocycles. The number of nitrogens with one attached hydrogen (secondary N) is 1. The van der Waals surface area contributed by atoms with Gasteiger partial charge in [-0.3, -0.25) is 4.79 Å². The predicted octanol–water partition coefficient (Wildman–Crippen LogP) is 3.16. The van der Waals surface area contributed by atoms with Gasteiger partial charge in [0.25, 0.3) is 5.91 Å². The zero-order valence-corrected chi connectivity index (χ0v) is 12.3. The molecule has 2 aromatic rings. The van der Waals surface area contributed by atoms with Gasteiger partial charge in [-0.05, 0) is 36.4 Å². The number of amides is 1. The Labute approximate surface area is 120 Å². The summed E-state index contributed by atoms with van der Waals surface area (Å²) in [5.41, 5.74) is 1.40. The van der Waals surface area contributed by atoms with E-state index in [-0.39, 0.29) is 5.91 Å². The van der Waals surface area contributed by atoms with Gasteiger partial charge < -0.3 is 10.2 Å². The fraction of sp³-hybridized carbons (Fsp3) is 0.143. The van der Waals surface area contributed by atoms with Crippen molar-refractivity contribution in [2.75, 3.05) is 24.3 Å². The highest BCUT2D eigenvalue weighted by Crippen LogP contribution is 2.17. The van der Waals surface area contributed by atoms with Crippen LogP contribution in [0.2, 0.25) is 0 Å². The number of hydrogen-bond donors (Lipinski definition) is 1. The second-order valence-corrected chi connectivity index (χ2v) is 4.94. The van der Waals surface area contributed by atoms with Gasteiger partial charge in [-0.25, -0.2) is 4.98 Å². The summed E-state index contributed by atoms with van der Waals surface area (Å²) in [6.07, 6.45) is 1.67. The second-order valence-electron chi connectivity index (χ2n) is 4.02. The molecule has 0 aliphatic heterocycles. The summed E-state index contributed by atoms with van der Waals surface area (Å²) < 4.78 is 0.951. The first kappa shape index (κ1) is 13.5. The van der Waals surface area contributed by atoms with Crippen molar-refractivity contribution in [3.63, 3.8) is 0 Å². The maximum Gasteiger partial charge on any atom is 0.258 e. The van der Waals surface area contributed by atoms with E-state index in [1.165, 1.54) is 0 Å². The van der Waals surface area contributed by atoms with Crippen molar-refractivity contribution >= 4 is 33.3 Å². The Morgan fingerprint density at radius 2 is 1.89 bits per heavy atom. The molecule has 0 aliphatic rings. The van der Waals surface area contributed by atoms with Crippen LogP contribution in [0.25, 0.3) is 0 Å². The highest BCUT2D eigenvalue weighted by molar-refractivity contribution is 9.10. The van der Waals surface area contributed by atoms with Crippen LogP contribution in [0.3, 0.4) is 0 Å².